The van der Waals surface area contributed by atoms with Crippen LogP contribution in [0.25, 0.3) is 0 Å². The van der Waals surface area contributed by atoms with Gasteiger partial charge in [-0.2, -0.15) is 0 Å². The number of aryl methyl sites for hydroxylation is 1. The number of hydrogen-bond acceptors (Lipinski definition) is 1. The number of aliphatic imine (C=N–C) groups is 1. The summed E-state index contributed by atoms with van der Waals surface area (Å²) in [6.07, 6.45) is 3.43. The average Bonchev–Trinajstić information content (AvgIpc) is 2.90. The van der Waals surface area contributed by atoms with Gasteiger partial charge in [-0.05, 0) is 30.4 Å². The summed E-state index contributed by atoms with van der Waals surface area (Å²) >= 11 is 0. The Morgan fingerprint density at radius 2 is 2.26 bits per heavy atom. The zero-order chi connectivity index (χ0) is 13.1. The first-order valence-corrected chi connectivity index (χ1v) is 6.63. The van der Waals surface area contributed by atoms with Crippen molar-refractivity contribution in [3.8, 4) is 0 Å². The first-order valence-electron chi connectivity index (χ1n) is 6.63. The summed E-state index contributed by atoms with van der Waals surface area (Å²) in [5.41, 5.74) is 1.29. The maximum atomic E-state index is 4.35. The Morgan fingerprint density at radius 3 is 2.74 bits per heavy atom. The van der Waals surface area contributed by atoms with Crippen molar-refractivity contribution in [2.24, 2.45) is 23.9 Å². The Kier molecular flexibility index (Phi) is 6.16. The second kappa shape index (κ2) is 7.17. The minimum absolute atomic E-state index is 0. The highest BCUT2D eigenvalue weighted by atomic mass is 127. The van der Waals surface area contributed by atoms with Crippen LogP contribution < -0.4 is 5.32 Å². The molecule has 2 atom stereocenters. The number of rotatable bonds is 4. The molecule has 0 spiro atoms. The second-order valence-electron chi connectivity index (χ2n) is 5.37. The van der Waals surface area contributed by atoms with Crippen LogP contribution in [0.5, 0.6) is 0 Å². The van der Waals surface area contributed by atoms with Crippen LogP contribution in [-0.2, 0) is 13.6 Å². The number of guanidine groups is 1. The quantitative estimate of drug-likeness (QED) is 0.497. The molecule has 0 aromatic carbocycles. The van der Waals surface area contributed by atoms with Gasteiger partial charge in [0.05, 0.1) is 6.54 Å². The SMILES string of the molecule is CN=C(NCC1CC1C)N(C)Cc1cccn1C.I. The molecule has 1 aliphatic rings. The third-order valence-electron chi connectivity index (χ3n) is 3.82. The molecule has 1 fully saturated rings. The standard InChI is InChI=1S/C14H24N4.HI/c1-11-8-12(11)9-16-14(15-2)18(4)10-13-6-5-7-17(13)3;/h5-7,11-12H,8-10H2,1-4H3,(H,15,16);1H. The normalized spacial score (nSPS) is 21.8. The van der Waals surface area contributed by atoms with Crippen LogP contribution in [0.2, 0.25) is 0 Å². The van der Waals surface area contributed by atoms with Gasteiger partial charge in [-0.15, -0.1) is 24.0 Å². The zero-order valence-electron chi connectivity index (χ0n) is 12.3. The van der Waals surface area contributed by atoms with Crippen LogP contribution in [-0.4, -0.2) is 36.1 Å². The van der Waals surface area contributed by atoms with Gasteiger partial charge in [-0.25, -0.2) is 0 Å². The summed E-state index contributed by atoms with van der Waals surface area (Å²) in [6.45, 7) is 4.23. The van der Waals surface area contributed by atoms with E-state index in [1.807, 2.05) is 7.05 Å². The average molecular weight is 376 g/mol. The molecule has 1 aromatic rings. The summed E-state index contributed by atoms with van der Waals surface area (Å²) in [5.74, 6) is 2.70. The van der Waals surface area contributed by atoms with E-state index in [9.17, 15) is 0 Å². The largest absolute Gasteiger partial charge is 0.356 e. The molecule has 2 unspecified atom stereocenters. The molecule has 0 bridgehead atoms. The van der Waals surface area contributed by atoms with E-state index >= 15 is 0 Å². The van der Waals surface area contributed by atoms with Crippen LogP contribution in [0.4, 0.5) is 0 Å². The van der Waals surface area contributed by atoms with E-state index in [0.29, 0.717) is 0 Å². The van der Waals surface area contributed by atoms with E-state index in [-0.39, 0.29) is 24.0 Å². The van der Waals surface area contributed by atoms with Gasteiger partial charge in [0.15, 0.2) is 5.96 Å². The minimum atomic E-state index is 0. The van der Waals surface area contributed by atoms with Crippen molar-refractivity contribution in [1.29, 1.82) is 0 Å². The van der Waals surface area contributed by atoms with Crippen molar-refractivity contribution in [3.05, 3.63) is 24.0 Å². The highest BCUT2D eigenvalue weighted by molar-refractivity contribution is 14.0. The zero-order valence-corrected chi connectivity index (χ0v) is 14.6. The maximum Gasteiger partial charge on any atom is 0.193 e. The lowest BCUT2D eigenvalue weighted by Gasteiger charge is -2.22. The van der Waals surface area contributed by atoms with Crippen molar-refractivity contribution in [2.75, 3.05) is 20.6 Å². The summed E-state index contributed by atoms with van der Waals surface area (Å²) in [5, 5.41) is 3.46. The van der Waals surface area contributed by atoms with Gasteiger partial charge in [0.25, 0.3) is 0 Å². The van der Waals surface area contributed by atoms with E-state index in [0.717, 1.165) is 30.9 Å². The van der Waals surface area contributed by atoms with Crippen LogP contribution in [0.15, 0.2) is 23.3 Å². The lowest BCUT2D eigenvalue weighted by atomic mass is 10.3. The smallest absolute Gasteiger partial charge is 0.193 e. The predicted octanol–water partition coefficient (Wildman–Crippen LogP) is 2.31. The summed E-state index contributed by atoms with van der Waals surface area (Å²) in [4.78, 5) is 6.51. The van der Waals surface area contributed by atoms with Gasteiger partial charge in [0.1, 0.15) is 0 Å². The van der Waals surface area contributed by atoms with Gasteiger partial charge in [-0.1, -0.05) is 6.92 Å². The molecule has 19 heavy (non-hydrogen) atoms. The summed E-state index contributed by atoms with van der Waals surface area (Å²) < 4.78 is 2.15. The Labute approximate surface area is 133 Å². The maximum absolute atomic E-state index is 4.35. The first-order chi connectivity index (χ1) is 8.61. The molecule has 4 nitrogen and oxygen atoms in total. The third-order valence-corrected chi connectivity index (χ3v) is 3.82. The summed E-state index contributed by atoms with van der Waals surface area (Å²) in [7, 11) is 6.00. The van der Waals surface area contributed by atoms with E-state index in [1.54, 1.807) is 0 Å². The van der Waals surface area contributed by atoms with Gasteiger partial charge in [-0.3, -0.25) is 4.99 Å². The Balaban J connectivity index is 0.00000180. The molecule has 1 aromatic heterocycles. The van der Waals surface area contributed by atoms with Crippen molar-refractivity contribution in [2.45, 2.75) is 19.9 Å². The third kappa shape index (κ3) is 4.40. The summed E-state index contributed by atoms with van der Waals surface area (Å²) in [6, 6.07) is 4.22. The Hall–Kier alpha value is -0.720. The van der Waals surface area contributed by atoms with E-state index < -0.39 is 0 Å². The van der Waals surface area contributed by atoms with Gasteiger partial charge < -0.3 is 14.8 Å². The fourth-order valence-corrected chi connectivity index (χ4v) is 2.27. The number of hydrogen-bond donors (Lipinski definition) is 1. The van der Waals surface area contributed by atoms with E-state index in [2.05, 4.69) is 59.1 Å². The number of nitrogens with zero attached hydrogens (tertiary/aromatic N) is 3. The van der Waals surface area contributed by atoms with Gasteiger partial charge in [0.2, 0.25) is 0 Å². The molecule has 1 N–H and O–H groups in total. The predicted molar refractivity (Wildman–Crippen MR) is 90.9 cm³/mol. The molecular formula is C14H25IN4. The molecule has 0 saturated heterocycles. The molecule has 108 valence electrons. The van der Waals surface area contributed by atoms with Crippen molar-refractivity contribution in [3.63, 3.8) is 0 Å². The van der Waals surface area contributed by atoms with Crippen molar-refractivity contribution >= 4 is 29.9 Å². The number of halogens is 1. The van der Waals surface area contributed by atoms with Crippen LogP contribution in [0, 0.1) is 11.8 Å². The Morgan fingerprint density at radius 1 is 1.58 bits per heavy atom. The topological polar surface area (TPSA) is 32.6 Å². The highest BCUT2D eigenvalue weighted by Gasteiger charge is 2.32. The molecule has 1 aliphatic carbocycles. The van der Waals surface area contributed by atoms with Crippen LogP contribution in [0.1, 0.15) is 19.0 Å². The molecule has 5 heteroatoms. The van der Waals surface area contributed by atoms with Gasteiger partial charge >= 0.3 is 0 Å². The van der Waals surface area contributed by atoms with Crippen LogP contribution in [0.3, 0.4) is 0 Å². The molecule has 1 heterocycles. The minimum Gasteiger partial charge on any atom is -0.356 e. The van der Waals surface area contributed by atoms with Crippen LogP contribution >= 0.6 is 24.0 Å². The van der Waals surface area contributed by atoms with Crippen molar-refractivity contribution < 1.29 is 0 Å². The number of aromatic nitrogens is 1. The highest BCUT2D eigenvalue weighted by Crippen LogP contribution is 2.36. The van der Waals surface area contributed by atoms with Crippen molar-refractivity contribution in [1.82, 2.24) is 14.8 Å². The molecule has 0 radical (unpaired) electrons. The molecule has 0 amide bonds. The fraction of sp³-hybridized carbons (Fsp3) is 0.643. The molecular weight excluding hydrogens is 351 g/mol. The van der Waals surface area contributed by atoms with E-state index in [1.165, 1.54) is 12.1 Å². The monoisotopic (exact) mass is 376 g/mol. The lowest BCUT2D eigenvalue weighted by Crippen LogP contribution is -2.39. The molecule has 2 rings (SSSR count). The first kappa shape index (κ1) is 16.3. The second-order valence-corrected chi connectivity index (χ2v) is 5.37. The lowest BCUT2D eigenvalue weighted by molar-refractivity contribution is 0.459. The van der Waals surface area contributed by atoms with E-state index in [4.69, 9.17) is 0 Å². The molecule has 1 saturated carbocycles. The fourth-order valence-electron chi connectivity index (χ4n) is 2.27. The molecule has 0 aliphatic heterocycles. The Bertz CT molecular complexity index is 427. The number of nitrogens with one attached hydrogen (secondary N) is 1. The van der Waals surface area contributed by atoms with Gasteiger partial charge in [0, 0.05) is 39.6 Å².